The molecule has 1 aliphatic heterocycles. The van der Waals surface area contributed by atoms with Gasteiger partial charge in [0.1, 0.15) is 18.6 Å². The Labute approximate surface area is 188 Å². The Hall–Kier alpha value is -2.62. The van der Waals surface area contributed by atoms with Crippen molar-refractivity contribution in [1.82, 2.24) is 25.1 Å². The number of benzene rings is 1. The molecule has 2 aromatic heterocycles. The van der Waals surface area contributed by atoms with E-state index < -0.39 is 20.3 Å². The molecule has 32 heavy (non-hydrogen) atoms. The molecule has 1 N–H and O–H groups in total. The number of carbonyl (C=O) groups excluding carboxylic acids is 1. The Bertz CT molecular complexity index is 1130. The molecule has 0 radical (unpaired) electrons. The highest BCUT2D eigenvalue weighted by molar-refractivity contribution is 7.43. The maximum absolute atomic E-state index is 12.1. The number of nitrogens with zero attached hydrogens (tertiary/aromatic N) is 4. The van der Waals surface area contributed by atoms with Gasteiger partial charge in [-0.3, -0.25) is 9.89 Å². The Morgan fingerprint density at radius 2 is 1.94 bits per heavy atom. The van der Waals surface area contributed by atoms with E-state index in [1.807, 2.05) is 18.2 Å². The number of phosphoric ester groups is 1. The number of hydrogen-bond donors (Lipinski definition) is 1. The average molecular weight is 476 g/mol. The first-order chi connectivity index (χ1) is 15.3. The van der Waals surface area contributed by atoms with E-state index in [1.54, 1.807) is 18.3 Å². The van der Waals surface area contributed by atoms with Gasteiger partial charge in [0, 0.05) is 47.0 Å². The van der Waals surface area contributed by atoms with E-state index in [4.69, 9.17) is 11.6 Å². The number of aromatic nitrogens is 4. The number of amides is 1. The average Bonchev–Trinajstić information content (AvgIpc) is 3.23. The lowest BCUT2D eigenvalue weighted by Gasteiger charge is -2.34. The summed E-state index contributed by atoms with van der Waals surface area (Å²) >= 11 is 6.03. The van der Waals surface area contributed by atoms with Crippen molar-refractivity contribution in [2.24, 2.45) is 0 Å². The minimum absolute atomic E-state index is 0.0728. The molecular formula is C20H19ClN5O5P-2. The van der Waals surface area contributed by atoms with Gasteiger partial charge in [-0.1, -0.05) is 23.7 Å². The largest absolute Gasteiger partial charge is 0.790 e. The van der Waals surface area contributed by atoms with Crippen LogP contribution in [0.25, 0.3) is 22.5 Å². The van der Waals surface area contributed by atoms with E-state index in [9.17, 15) is 19.1 Å². The molecule has 0 saturated carbocycles. The molecule has 4 rings (SSSR count). The van der Waals surface area contributed by atoms with E-state index in [1.165, 1.54) is 11.2 Å². The van der Waals surface area contributed by atoms with Gasteiger partial charge < -0.3 is 23.8 Å². The molecule has 0 spiro atoms. The number of rotatable bonds is 6. The van der Waals surface area contributed by atoms with Crippen molar-refractivity contribution in [3.8, 4) is 22.5 Å². The van der Waals surface area contributed by atoms with E-state index in [0.29, 0.717) is 31.0 Å². The van der Waals surface area contributed by atoms with Crippen molar-refractivity contribution in [2.45, 2.75) is 18.8 Å². The van der Waals surface area contributed by atoms with Crippen LogP contribution in [0.15, 0.2) is 42.9 Å². The summed E-state index contributed by atoms with van der Waals surface area (Å²) in [4.78, 5) is 43.3. The van der Waals surface area contributed by atoms with Gasteiger partial charge in [-0.25, -0.2) is 9.97 Å². The predicted octanol–water partition coefficient (Wildman–Crippen LogP) is 1.74. The van der Waals surface area contributed by atoms with Gasteiger partial charge >= 0.3 is 0 Å². The van der Waals surface area contributed by atoms with Crippen molar-refractivity contribution >= 4 is 25.3 Å². The number of nitrogens with one attached hydrogen (secondary N) is 1. The number of likely N-dealkylation sites (tertiary alicyclic amines) is 1. The summed E-state index contributed by atoms with van der Waals surface area (Å²) < 4.78 is 14.7. The molecule has 10 nitrogen and oxygen atoms in total. The fourth-order valence-electron chi connectivity index (χ4n) is 3.81. The van der Waals surface area contributed by atoms with Gasteiger partial charge in [0.2, 0.25) is 5.91 Å². The topological polar surface area (TPSA) is 147 Å². The standard InChI is InChI=1S/C20H21ClN5O5P/c21-15-3-1-13(2-4-15)19-18(16-5-8-22-12-23-16)20(25-24-19)14-6-9-26(10-7-14)17(27)11-31-32(28,29)30/h1-5,8,12,14H,6-7,9-11H2,(H,24,25)(H2,28,29,30)/p-2. The molecule has 0 unspecified atom stereocenters. The highest BCUT2D eigenvalue weighted by Gasteiger charge is 2.29. The molecule has 3 heterocycles. The molecule has 1 aliphatic rings. The second-order valence-electron chi connectivity index (χ2n) is 7.34. The molecule has 0 bridgehead atoms. The van der Waals surface area contributed by atoms with Crippen LogP contribution in [0.5, 0.6) is 0 Å². The highest BCUT2D eigenvalue weighted by atomic mass is 35.5. The molecule has 1 fully saturated rings. The van der Waals surface area contributed by atoms with Gasteiger partial charge in [0.25, 0.3) is 0 Å². The zero-order chi connectivity index (χ0) is 22.7. The first kappa shape index (κ1) is 22.6. The maximum Gasteiger partial charge on any atom is 0.248 e. The number of hydrogen-bond acceptors (Lipinski definition) is 8. The molecule has 1 amide bonds. The van der Waals surface area contributed by atoms with E-state index in [0.717, 1.165) is 28.2 Å². The zero-order valence-corrected chi connectivity index (χ0v) is 18.5. The van der Waals surface area contributed by atoms with Crippen LogP contribution in [-0.4, -0.2) is 50.7 Å². The maximum atomic E-state index is 12.1. The Balaban J connectivity index is 1.56. The second kappa shape index (κ2) is 9.48. The normalized spacial score (nSPS) is 15.2. The van der Waals surface area contributed by atoms with Gasteiger partial charge in [0.05, 0.1) is 13.5 Å². The fraction of sp³-hybridized carbons (Fsp3) is 0.300. The number of piperidine rings is 1. The molecular weight excluding hydrogens is 457 g/mol. The molecule has 12 heteroatoms. The van der Waals surface area contributed by atoms with E-state index in [-0.39, 0.29) is 5.92 Å². The quantitative estimate of drug-likeness (QED) is 0.530. The molecule has 0 aliphatic carbocycles. The summed E-state index contributed by atoms with van der Waals surface area (Å²) in [7, 11) is -5.18. The van der Waals surface area contributed by atoms with Crippen LogP contribution in [0.4, 0.5) is 0 Å². The number of carbonyl (C=O) groups is 1. The Kier molecular flexibility index (Phi) is 6.68. The van der Waals surface area contributed by atoms with Crippen LogP contribution >= 0.6 is 19.4 Å². The summed E-state index contributed by atoms with van der Waals surface area (Å²) in [6.45, 7) is 0.0205. The highest BCUT2D eigenvalue weighted by Crippen LogP contribution is 2.39. The van der Waals surface area contributed by atoms with Gasteiger partial charge in [-0.2, -0.15) is 5.10 Å². The molecule has 1 saturated heterocycles. The van der Waals surface area contributed by atoms with Crippen molar-refractivity contribution in [3.05, 3.63) is 53.6 Å². The van der Waals surface area contributed by atoms with E-state index in [2.05, 4.69) is 24.7 Å². The summed E-state index contributed by atoms with van der Waals surface area (Å²) in [5.74, 6) is -0.457. The van der Waals surface area contributed by atoms with Gasteiger partial charge in [-0.05, 0) is 31.0 Å². The van der Waals surface area contributed by atoms with Crippen LogP contribution in [0.3, 0.4) is 0 Å². The minimum atomic E-state index is -5.18. The molecule has 3 aromatic rings. The van der Waals surface area contributed by atoms with Crippen LogP contribution in [0.2, 0.25) is 5.02 Å². The van der Waals surface area contributed by atoms with Crippen LogP contribution in [-0.2, 0) is 13.9 Å². The van der Waals surface area contributed by atoms with Crippen LogP contribution < -0.4 is 9.79 Å². The summed E-state index contributed by atoms with van der Waals surface area (Å²) in [5, 5.41) is 8.33. The molecule has 1 aromatic carbocycles. The number of H-pyrrole nitrogens is 1. The van der Waals surface area contributed by atoms with Crippen LogP contribution in [0, 0.1) is 0 Å². The third kappa shape index (κ3) is 5.23. The molecule has 168 valence electrons. The monoisotopic (exact) mass is 475 g/mol. The number of aromatic amines is 1. The Morgan fingerprint density at radius 1 is 1.22 bits per heavy atom. The first-order valence-corrected chi connectivity index (χ1v) is 11.7. The van der Waals surface area contributed by atoms with Crippen molar-refractivity contribution in [3.63, 3.8) is 0 Å². The van der Waals surface area contributed by atoms with Crippen molar-refractivity contribution in [1.29, 1.82) is 0 Å². The third-order valence-electron chi connectivity index (χ3n) is 5.35. The summed E-state index contributed by atoms with van der Waals surface area (Å²) in [6.07, 6.45) is 4.39. The second-order valence-corrected chi connectivity index (χ2v) is 8.93. The number of phosphoric acid groups is 1. The summed E-state index contributed by atoms with van der Waals surface area (Å²) in [5.41, 5.74) is 4.11. The smallest absolute Gasteiger partial charge is 0.248 e. The third-order valence-corrected chi connectivity index (χ3v) is 6.05. The van der Waals surface area contributed by atoms with E-state index >= 15 is 0 Å². The minimum Gasteiger partial charge on any atom is -0.790 e. The predicted molar refractivity (Wildman–Crippen MR) is 112 cm³/mol. The lowest BCUT2D eigenvalue weighted by molar-refractivity contribution is -0.341. The van der Waals surface area contributed by atoms with Crippen molar-refractivity contribution < 1.29 is 23.7 Å². The lowest BCUT2D eigenvalue weighted by Crippen LogP contribution is -2.40. The van der Waals surface area contributed by atoms with Gasteiger partial charge in [0.15, 0.2) is 0 Å². The number of halogens is 1. The van der Waals surface area contributed by atoms with Gasteiger partial charge in [-0.15, -0.1) is 0 Å². The SMILES string of the molecule is O=C(COP(=O)([O-])[O-])N1CCC(c2[nH]nc(-c3ccc(Cl)cc3)c2-c2ccncn2)CC1. The van der Waals surface area contributed by atoms with Crippen molar-refractivity contribution in [2.75, 3.05) is 19.7 Å². The molecule has 0 atom stereocenters. The first-order valence-electron chi connectivity index (χ1n) is 9.87. The lowest BCUT2D eigenvalue weighted by atomic mass is 9.89. The summed E-state index contributed by atoms with van der Waals surface area (Å²) in [6, 6.07) is 9.18. The fourth-order valence-corrected chi connectivity index (χ4v) is 4.20. The zero-order valence-electron chi connectivity index (χ0n) is 16.8. The Morgan fingerprint density at radius 3 is 2.56 bits per heavy atom. The van der Waals surface area contributed by atoms with Crippen LogP contribution in [0.1, 0.15) is 24.5 Å².